The molecule has 0 saturated heterocycles. The van der Waals surface area contributed by atoms with Crippen LogP contribution >= 0.6 is 35.6 Å². The van der Waals surface area contributed by atoms with Crippen molar-refractivity contribution in [3.63, 3.8) is 0 Å². The van der Waals surface area contributed by atoms with Crippen molar-refractivity contribution >= 4 is 45.8 Å². The number of benzene rings is 1. The summed E-state index contributed by atoms with van der Waals surface area (Å²) in [7, 11) is 0. The molecule has 0 aliphatic heterocycles. The number of rotatable bonds is 1. The van der Waals surface area contributed by atoms with Gasteiger partial charge in [-0.1, -0.05) is 47.7 Å². The summed E-state index contributed by atoms with van der Waals surface area (Å²) in [5, 5.41) is 0.409. The van der Waals surface area contributed by atoms with Gasteiger partial charge in [-0.15, -0.1) is 0 Å². The van der Waals surface area contributed by atoms with Crippen LogP contribution in [0.25, 0.3) is 0 Å². The van der Waals surface area contributed by atoms with E-state index in [0.29, 0.717) is 14.9 Å². The van der Waals surface area contributed by atoms with Gasteiger partial charge in [-0.3, -0.25) is 15.6 Å². The molecule has 0 bridgehead atoms. The van der Waals surface area contributed by atoms with Crippen molar-refractivity contribution in [3.8, 4) is 0 Å². The molecule has 1 aromatic rings. The molecule has 0 aromatic heterocycles. The first kappa shape index (κ1) is 12.3. The van der Waals surface area contributed by atoms with Gasteiger partial charge in [0.15, 0.2) is 4.32 Å². The first-order valence-corrected chi connectivity index (χ1v) is 6.05. The minimum absolute atomic E-state index is 0.308. The summed E-state index contributed by atoms with van der Waals surface area (Å²) in [6.07, 6.45) is 1.82. The Balaban J connectivity index is 2.62. The maximum atomic E-state index is 11.6. The van der Waals surface area contributed by atoms with Crippen molar-refractivity contribution in [1.29, 1.82) is 0 Å². The monoisotopic (exact) mass is 260 g/mol. The van der Waals surface area contributed by atoms with Gasteiger partial charge in [-0.05, 0) is 18.4 Å². The summed E-state index contributed by atoms with van der Waals surface area (Å²) >= 11 is 12.0. The summed E-state index contributed by atoms with van der Waals surface area (Å²) in [5.74, 6) is -0.308. The molecule has 0 radical (unpaired) electrons. The van der Waals surface area contributed by atoms with Gasteiger partial charge in [0.1, 0.15) is 0 Å². The number of thiocarbonyl (C=S) groups is 1. The van der Waals surface area contributed by atoms with Gasteiger partial charge in [0.2, 0.25) is 0 Å². The zero-order valence-electron chi connectivity index (χ0n) is 7.91. The Labute approximate surface area is 103 Å². The van der Waals surface area contributed by atoms with Gasteiger partial charge >= 0.3 is 0 Å². The Kier molecular flexibility index (Phi) is 4.87. The third-order valence-corrected chi connectivity index (χ3v) is 2.99. The molecule has 0 heterocycles. The zero-order chi connectivity index (χ0) is 11.3. The topological polar surface area (TPSA) is 41.1 Å². The lowest BCUT2D eigenvalue weighted by Gasteiger charge is -2.08. The summed E-state index contributed by atoms with van der Waals surface area (Å²) in [6, 6.07) is 6.80. The Morgan fingerprint density at radius 1 is 1.40 bits per heavy atom. The van der Waals surface area contributed by atoms with E-state index >= 15 is 0 Å². The van der Waals surface area contributed by atoms with Crippen LogP contribution in [0.5, 0.6) is 0 Å². The second-order valence-corrected chi connectivity index (χ2v) is 4.44. The lowest BCUT2D eigenvalue weighted by molar-refractivity contribution is 0.0945. The average molecular weight is 261 g/mol. The Hall–Kier alpha value is -0.780. The van der Waals surface area contributed by atoms with E-state index in [1.165, 1.54) is 11.8 Å². The van der Waals surface area contributed by atoms with Gasteiger partial charge in [-0.25, -0.2) is 0 Å². The molecule has 2 N–H and O–H groups in total. The zero-order valence-corrected chi connectivity index (χ0v) is 10.3. The fraction of sp³-hybridized carbons (Fsp3) is 0.111. The lowest BCUT2D eigenvalue weighted by atomic mass is 10.2. The largest absolute Gasteiger partial charge is 0.283 e. The SMILES string of the molecule is CSC(=S)NNC(=O)c1ccccc1Cl. The van der Waals surface area contributed by atoms with E-state index < -0.39 is 0 Å². The highest BCUT2D eigenvalue weighted by Gasteiger charge is 2.08. The minimum Gasteiger partial charge on any atom is -0.283 e. The summed E-state index contributed by atoms with van der Waals surface area (Å²) < 4.78 is 0.496. The van der Waals surface area contributed by atoms with Crippen molar-refractivity contribution in [3.05, 3.63) is 34.9 Å². The number of halogens is 1. The molecule has 1 rings (SSSR count). The van der Waals surface area contributed by atoms with E-state index in [-0.39, 0.29) is 5.91 Å². The molecular formula is C9H9ClN2OS2. The number of hydrazine groups is 1. The van der Waals surface area contributed by atoms with E-state index in [1.54, 1.807) is 24.3 Å². The molecule has 15 heavy (non-hydrogen) atoms. The van der Waals surface area contributed by atoms with Gasteiger partial charge in [-0.2, -0.15) is 0 Å². The molecule has 0 aliphatic rings. The van der Waals surface area contributed by atoms with E-state index in [4.69, 9.17) is 23.8 Å². The summed E-state index contributed by atoms with van der Waals surface area (Å²) in [6.45, 7) is 0. The second-order valence-electron chi connectivity index (χ2n) is 2.55. The highest BCUT2D eigenvalue weighted by Crippen LogP contribution is 2.14. The van der Waals surface area contributed by atoms with Crippen molar-refractivity contribution < 1.29 is 4.79 Å². The smallest absolute Gasteiger partial charge is 0.271 e. The van der Waals surface area contributed by atoms with Crippen LogP contribution in [0, 0.1) is 0 Å². The number of hydrogen-bond acceptors (Lipinski definition) is 3. The van der Waals surface area contributed by atoms with Crippen LogP contribution in [0.1, 0.15) is 10.4 Å². The van der Waals surface area contributed by atoms with E-state index in [2.05, 4.69) is 10.9 Å². The molecule has 1 amide bonds. The molecule has 80 valence electrons. The van der Waals surface area contributed by atoms with E-state index in [1.807, 2.05) is 6.26 Å². The molecule has 0 atom stereocenters. The van der Waals surface area contributed by atoms with Crippen LogP contribution in [-0.2, 0) is 0 Å². The minimum atomic E-state index is -0.308. The lowest BCUT2D eigenvalue weighted by Crippen LogP contribution is -2.39. The van der Waals surface area contributed by atoms with E-state index in [9.17, 15) is 4.79 Å². The van der Waals surface area contributed by atoms with Gasteiger partial charge in [0, 0.05) is 0 Å². The normalized spacial score (nSPS) is 9.47. The second kappa shape index (κ2) is 5.95. The van der Waals surface area contributed by atoms with Crippen molar-refractivity contribution in [2.24, 2.45) is 0 Å². The summed E-state index contributed by atoms with van der Waals surface area (Å²) in [4.78, 5) is 11.6. The van der Waals surface area contributed by atoms with Gasteiger partial charge < -0.3 is 0 Å². The maximum absolute atomic E-state index is 11.6. The molecule has 6 heteroatoms. The first-order valence-electron chi connectivity index (χ1n) is 4.04. The van der Waals surface area contributed by atoms with Crippen LogP contribution in [0.15, 0.2) is 24.3 Å². The molecule has 0 spiro atoms. The number of carbonyl (C=O) groups excluding carboxylic acids is 1. The van der Waals surface area contributed by atoms with Crippen molar-refractivity contribution in [2.45, 2.75) is 0 Å². The van der Waals surface area contributed by atoms with Gasteiger partial charge in [0.25, 0.3) is 5.91 Å². The third-order valence-electron chi connectivity index (χ3n) is 1.58. The molecule has 0 aliphatic carbocycles. The van der Waals surface area contributed by atoms with Crippen LogP contribution in [-0.4, -0.2) is 16.5 Å². The predicted octanol–water partition coefficient (Wildman–Crippen LogP) is 2.22. The molecule has 1 aromatic carbocycles. The fourth-order valence-corrected chi connectivity index (χ4v) is 1.30. The van der Waals surface area contributed by atoms with Crippen LogP contribution in [0.3, 0.4) is 0 Å². The molecule has 0 fully saturated rings. The molecule has 0 saturated carbocycles. The maximum Gasteiger partial charge on any atom is 0.271 e. The molecule has 3 nitrogen and oxygen atoms in total. The third kappa shape index (κ3) is 3.70. The predicted molar refractivity (Wildman–Crippen MR) is 68.2 cm³/mol. The quantitative estimate of drug-likeness (QED) is 0.600. The summed E-state index contributed by atoms with van der Waals surface area (Å²) in [5.41, 5.74) is 5.46. The van der Waals surface area contributed by atoms with Crippen molar-refractivity contribution in [1.82, 2.24) is 10.9 Å². The molecule has 0 unspecified atom stereocenters. The van der Waals surface area contributed by atoms with Crippen molar-refractivity contribution in [2.75, 3.05) is 6.26 Å². The number of amides is 1. The van der Waals surface area contributed by atoms with Gasteiger partial charge in [0.05, 0.1) is 10.6 Å². The molecular weight excluding hydrogens is 252 g/mol. The number of thioether (sulfide) groups is 1. The van der Waals surface area contributed by atoms with Crippen LogP contribution < -0.4 is 10.9 Å². The number of hydrogen-bond donors (Lipinski definition) is 2. The van der Waals surface area contributed by atoms with Crippen LogP contribution in [0.4, 0.5) is 0 Å². The first-order chi connectivity index (χ1) is 7.15. The van der Waals surface area contributed by atoms with Crippen LogP contribution in [0.2, 0.25) is 5.02 Å². The number of nitrogens with one attached hydrogen (secondary N) is 2. The Morgan fingerprint density at radius 2 is 2.07 bits per heavy atom. The Bertz CT molecular complexity index is 384. The average Bonchev–Trinajstić information content (AvgIpc) is 2.26. The Morgan fingerprint density at radius 3 is 2.67 bits per heavy atom. The highest BCUT2D eigenvalue weighted by molar-refractivity contribution is 8.22. The standard InChI is InChI=1S/C9H9ClN2OS2/c1-15-9(14)12-11-8(13)6-4-2-3-5-7(6)10/h2-5H,1H3,(H,11,13)(H,12,14). The van der Waals surface area contributed by atoms with E-state index in [0.717, 1.165) is 0 Å². The number of carbonyl (C=O) groups is 1. The fourth-order valence-electron chi connectivity index (χ4n) is 0.872. The highest BCUT2D eigenvalue weighted by atomic mass is 35.5.